The van der Waals surface area contributed by atoms with Crippen LogP contribution in [-0.4, -0.2) is 31.8 Å². The van der Waals surface area contributed by atoms with Gasteiger partial charge in [-0.1, -0.05) is 36.4 Å². The third-order valence-corrected chi connectivity index (χ3v) is 7.41. The highest BCUT2D eigenvalue weighted by Gasteiger charge is 2.28. The number of rotatable bonds is 6. The number of hydrogen-bond donors (Lipinski definition) is 1. The predicted octanol–water partition coefficient (Wildman–Crippen LogP) is 4.07. The van der Waals surface area contributed by atoms with Crippen LogP contribution in [0.3, 0.4) is 0 Å². The van der Waals surface area contributed by atoms with Crippen molar-refractivity contribution in [3.63, 3.8) is 0 Å². The molecule has 32 heavy (non-hydrogen) atoms. The molecular formula is C25H26N2O4S. The van der Waals surface area contributed by atoms with Gasteiger partial charge in [0.2, 0.25) is 10.0 Å². The zero-order valence-corrected chi connectivity index (χ0v) is 19.0. The highest BCUT2D eigenvalue weighted by atomic mass is 32.2. The van der Waals surface area contributed by atoms with Crippen LogP contribution in [0, 0.1) is 13.8 Å². The Kier molecular flexibility index (Phi) is 6.30. The van der Waals surface area contributed by atoms with Gasteiger partial charge in [-0.25, -0.2) is 8.42 Å². The average molecular weight is 451 g/mol. The Morgan fingerprint density at radius 1 is 1.00 bits per heavy atom. The molecule has 1 aliphatic heterocycles. The van der Waals surface area contributed by atoms with E-state index in [9.17, 15) is 13.2 Å². The lowest BCUT2D eigenvalue weighted by molar-refractivity contribution is -0.118. The van der Waals surface area contributed by atoms with Crippen molar-refractivity contribution in [1.82, 2.24) is 4.31 Å². The van der Waals surface area contributed by atoms with Crippen LogP contribution < -0.4 is 10.1 Å². The number of benzene rings is 3. The van der Waals surface area contributed by atoms with Crippen molar-refractivity contribution >= 4 is 21.6 Å². The molecule has 0 bridgehead atoms. The van der Waals surface area contributed by atoms with Crippen molar-refractivity contribution in [3.8, 4) is 5.75 Å². The standard InChI is InChI=1S/C25H26N2O4S/c1-18-8-9-19(2)24(14-18)31-17-25(28)26-22-11-10-20-12-13-27(16-21(20)15-22)32(29,30)23-6-4-3-5-7-23/h3-11,14-15H,12-13,16-17H2,1-2H3,(H,26,28). The molecule has 1 heterocycles. The molecule has 3 aromatic rings. The van der Waals surface area contributed by atoms with Gasteiger partial charge in [-0.2, -0.15) is 4.31 Å². The molecule has 7 heteroatoms. The molecule has 3 aromatic carbocycles. The summed E-state index contributed by atoms with van der Waals surface area (Å²) in [4.78, 5) is 12.7. The third-order valence-electron chi connectivity index (χ3n) is 5.55. The molecule has 0 unspecified atom stereocenters. The largest absolute Gasteiger partial charge is 0.483 e. The van der Waals surface area contributed by atoms with E-state index in [1.54, 1.807) is 30.3 Å². The van der Waals surface area contributed by atoms with E-state index < -0.39 is 10.0 Å². The summed E-state index contributed by atoms with van der Waals surface area (Å²) in [5.74, 6) is 0.419. The first-order valence-corrected chi connectivity index (χ1v) is 11.9. The van der Waals surface area contributed by atoms with Crippen LogP contribution in [-0.2, 0) is 27.8 Å². The van der Waals surface area contributed by atoms with Crippen LogP contribution in [0.15, 0.2) is 71.6 Å². The molecule has 0 aromatic heterocycles. The number of anilines is 1. The maximum atomic E-state index is 13.0. The van der Waals surface area contributed by atoms with Crippen LogP contribution in [0.4, 0.5) is 5.69 Å². The Hall–Kier alpha value is -3.16. The minimum atomic E-state index is -3.56. The number of nitrogens with one attached hydrogen (secondary N) is 1. The van der Waals surface area contributed by atoms with Crippen molar-refractivity contribution in [3.05, 3.63) is 89.0 Å². The highest BCUT2D eigenvalue weighted by molar-refractivity contribution is 7.89. The van der Waals surface area contributed by atoms with Crippen LogP contribution in [0.2, 0.25) is 0 Å². The van der Waals surface area contributed by atoms with Crippen molar-refractivity contribution < 1.29 is 17.9 Å². The van der Waals surface area contributed by atoms with Gasteiger partial charge in [0.25, 0.3) is 5.91 Å². The second-order valence-electron chi connectivity index (χ2n) is 7.99. The van der Waals surface area contributed by atoms with E-state index in [4.69, 9.17) is 4.74 Å². The van der Waals surface area contributed by atoms with Gasteiger partial charge in [0.15, 0.2) is 6.61 Å². The topological polar surface area (TPSA) is 75.7 Å². The fraction of sp³-hybridized carbons (Fsp3) is 0.240. The molecule has 6 nitrogen and oxygen atoms in total. The van der Waals surface area contributed by atoms with Gasteiger partial charge >= 0.3 is 0 Å². The number of sulfonamides is 1. The quantitative estimate of drug-likeness (QED) is 0.614. The molecule has 166 valence electrons. The molecule has 4 rings (SSSR count). The van der Waals surface area contributed by atoms with Crippen molar-refractivity contribution in [2.45, 2.75) is 31.7 Å². The Bertz CT molecular complexity index is 1240. The van der Waals surface area contributed by atoms with Gasteiger partial charge in [0, 0.05) is 18.8 Å². The summed E-state index contributed by atoms with van der Waals surface area (Å²) < 4.78 is 33.1. The summed E-state index contributed by atoms with van der Waals surface area (Å²) in [6, 6.07) is 20.0. The first-order chi connectivity index (χ1) is 15.3. The number of amides is 1. The lowest BCUT2D eigenvalue weighted by atomic mass is 10.0. The fourth-order valence-corrected chi connectivity index (χ4v) is 5.20. The molecule has 0 spiro atoms. The van der Waals surface area contributed by atoms with Crippen molar-refractivity contribution in [2.75, 3.05) is 18.5 Å². The van der Waals surface area contributed by atoms with Gasteiger partial charge in [0.05, 0.1) is 4.90 Å². The van der Waals surface area contributed by atoms with Crippen molar-refractivity contribution in [1.29, 1.82) is 0 Å². The monoisotopic (exact) mass is 450 g/mol. The molecule has 1 aliphatic rings. The lowest BCUT2D eigenvalue weighted by Gasteiger charge is -2.28. The van der Waals surface area contributed by atoms with Crippen LogP contribution in [0.25, 0.3) is 0 Å². The van der Waals surface area contributed by atoms with Crippen LogP contribution in [0.5, 0.6) is 5.75 Å². The summed E-state index contributed by atoms with van der Waals surface area (Å²) in [6.45, 7) is 4.51. The predicted molar refractivity (Wildman–Crippen MR) is 124 cm³/mol. The normalized spacial score (nSPS) is 13.9. The average Bonchev–Trinajstić information content (AvgIpc) is 2.79. The van der Waals surface area contributed by atoms with E-state index >= 15 is 0 Å². The Balaban J connectivity index is 1.43. The van der Waals surface area contributed by atoms with E-state index in [2.05, 4.69) is 5.32 Å². The summed E-state index contributed by atoms with van der Waals surface area (Å²) in [7, 11) is -3.56. The van der Waals surface area contributed by atoms with Gasteiger partial charge in [-0.15, -0.1) is 0 Å². The molecule has 0 saturated heterocycles. The SMILES string of the molecule is Cc1ccc(C)c(OCC(=O)Nc2ccc3c(c2)CN(S(=O)(=O)c2ccccc2)CC3)c1. The molecule has 0 aliphatic carbocycles. The summed E-state index contributed by atoms with van der Waals surface area (Å²) >= 11 is 0. The Morgan fingerprint density at radius 3 is 2.56 bits per heavy atom. The summed E-state index contributed by atoms with van der Waals surface area (Å²) in [5, 5.41) is 2.85. The number of hydrogen-bond acceptors (Lipinski definition) is 4. The smallest absolute Gasteiger partial charge is 0.262 e. The zero-order chi connectivity index (χ0) is 22.7. The first kappa shape index (κ1) is 22.0. The number of fused-ring (bicyclic) bond motifs is 1. The molecule has 1 N–H and O–H groups in total. The highest BCUT2D eigenvalue weighted by Crippen LogP contribution is 2.27. The van der Waals surface area contributed by atoms with Crippen molar-refractivity contribution in [2.24, 2.45) is 0 Å². The second-order valence-corrected chi connectivity index (χ2v) is 9.93. The molecule has 1 amide bonds. The number of nitrogens with zero attached hydrogens (tertiary/aromatic N) is 1. The van der Waals surface area contributed by atoms with Gasteiger partial charge in [0.1, 0.15) is 5.75 Å². The van der Waals surface area contributed by atoms with Gasteiger partial charge in [-0.05, 0) is 72.9 Å². The fourth-order valence-electron chi connectivity index (χ4n) is 3.76. The van der Waals surface area contributed by atoms with E-state index in [-0.39, 0.29) is 24.0 Å². The Morgan fingerprint density at radius 2 is 1.78 bits per heavy atom. The van der Waals surface area contributed by atoms with Gasteiger partial charge < -0.3 is 10.1 Å². The minimum Gasteiger partial charge on any atom is -0.483 e. The van der Waals surface area contributed by atoms with Crippen LogP contribution in [0.1, 0.15) is 22.3 Å². The van der Waals surface area contributed by atoms with Crippen LogP contribution >= 0.6 is 0 Å². The second kappa shape index (κ2) is 9.14. The number of carbonyl (C=O) groups is 1. The lowest BCUT2D eigenvalue weighted by Crippen LogP contribution is -2.36. The molecule has 0 fully saturated rings. The zero-order valence-electron chi connectivity index (χ0n) is 18.2. The number of carbonyl (C=O) groups excluding carboxylic acids is 1. The summed E-state index contributed by atoms with van der Waals surface area (Å²) in [6.07, 6.45) is 0.630. The molecule has 0 saturated carbocycles. The van der Waals surface area contributed by atoms with E-state index in [1.807, 2.05) is 50.2 Å². The van der Waals surface area contributed by atoms with Gasteiger partial charge in [-0.3, -0.25) is 4.79 Å². The number of ether oxygens (including phenoxy) is 1. The Labute approximate surface area is 188 Å². The number of aryl methyl sites for hydroxylation is 2. The first-order valence-electron chi connectivity index (χ1n) is 10.5. The maximum absolute atomic E-state index is 13.0. The van der Waals surface area contributed by atoms with E-state index in [1.165, 1.54) is 4.31 Å². The molecule has 0 atom stereocenters. The third kappa shape index (κ3) is 4.84. The maximum Gasteiger partial charge on any atom is 0.262 e. The van der Waals surface area contributed by atoms with E-state index in [0.29, 0.717) is 24.4 Å². The summed E-state index contributed by atoms with van der Waals surface area (Å²) in [5.41, 5.74) is 4.64. The van der Waals surface area contributed by atoms with E-state index in [0.717, 1.165) is 22.3 Å². The minimum absolute atomic E-state index is 0.101. The molecular weight excluding hydrogens is 424 g/mol. The molecule has 0 radical (unpaired) electrons.